The summed E-state index contributed by atoms with van der Waals surface area (Å²) in [5.41, 5.74) is 0. The molecule has 0 saturated carbocycles. The first kappa shape index (κ1) is 16.5. The predicted molar refractivity (Wildman–Crippen MR) is 70.8 cm³/mol. The average molecular weight is 273 g/mol. The fourth-order valence-corrected chi connectivity index (χ4v) is 1.61. The minimum Gasteiger partial charge on any atom is -0.275 e. The topological polar surface area (TPSA) is 0 Å². The Bertz CT molecular complexity index is 203. The van der Waals surface area contributed by atoms with E-state index in [4.69, 9.17) is 0 Å². The van der Waals surface area contributed by atoms with E-state index in [0.717, 1.165) is 12.8 Å². The molecule has 2 aliphatic rings. The van der Waals surface area contributed by atoms with Crippen molar-refractivity contribution in [1.82, 2.24) is 0 Å². The van der Waals surface area contributed by atoms with Gasteiger partial charge in [-0.1, -0.05) is 38.5 Å². The van der Waals surface area contributed by atoms with Crippen molar-refractivity contribution >= 4 is 0 Å². The van der Waals surface area contributed by atoms with Crippen LogP contribution in [0.4, 0.5) is 0 Å². The van der Waals surface area contributed by atoms with Crippen molar-refractivity contribution in [1.29, 1.82) is 0 Å². The van der Waals surface area contributed by atoms with E-state index in [1.807, 2.05) is 12.2 Å². The third-order valence-corrected chi connectivity index (χ3v) is 2.58. The zero-order chi connectivity index (χ0) is 11.3. The summed E-state index contributed by atoms with van der Waals surface area (Å²) in [5, 5.41) is 0. The normalized spacial score (nSPS) is 18.8. The molecule has 96 valence electrons. The maximum absolute atomic E-state index is 3.18. The van der Waals surface area contributed by atoms with Gasteiger partial charge >= 0.3 is 16.5 Å². The molecule has 0 aromatic carbocycles. The van der Waals surface area contributed by atoms with Crippen molar-refractivity contribution in [3.05, 3.63) is 48.6 Å². The van der Waals surface area contributed by atoms with E-state index in [9.17, 15) is 0 Å². The van der Waals surface area contributed by atoms with Crippen molar-refractivity contribution in [2.75, 3.05) is 0 Å². The van der Waals surface area contributed by atoms with E-state index < -0.39 is 0 Å². The summed E-state index contributed by atoms with van der Waals surface area (Å²) in [7, 11) is 0. The van der Waals surface area contributed by atoms with Gasteiger partial charge in [-0.15, -0.1) is 12.8 Å². The molecule has 0 N–H and O–H groups in total. The molecule has 0 nitrogen and oxygen atoms in total. The maximum atomic E-state index is 3.18. The predicted octanol–water partition coefficient (Wildman–Crippen LogP) is 4.95. The van der Waals surface area contributed by atoms with Crippen LogP contribution in [0.3, 0.4) is 0 Å². The monoisotopic (exact) mass is 272 g/mol. The summed E-state index contributed by atoms with van der Waals surface area (Å²) < 4.78 is 0. The summed E-state index contributed by atoms with van der Waals surface area (Å²) in [6.45, 7) is 0. The van der Waals surface area contributed by atoms with Crippen LogP contribution in [0.15, 0.2) is 36.5 Å². The molecule has 0 unspecified atom stereocenters. The minimum absolute atomic E-state index is 0. The van der Waals surface area contributed by atoms with Crippen molar-refractivity contribution in [2.24, 2.45) is 0 Å². The van der Waals surface area contributed by atoms with Gasteiger partial charge < -0.3 is 0 Å². The van der Waals surface area contributed by atoms with Gasteiger partial charge in [0.2, 0.25) is 0 Å². The SMILES string of the molecule is [C-]1=CC=CCCCC1.[C-]1=CC=CCCCC1.[Ni+2]. The van der Waals surface area contributed by atoms with Crippen molar-refractivity contribution in [3.63, 3.8) is 0 Å². The Balaban J connectivity index is 0.000000284. The average Bonchev–Trinajstić information content (AvgIpc) is 2.15. The zero-order valence-electron chi connectivity index (χ0n) is 10.4. The van der Waals surface area contributed by atoms with E-state index in [-0.39, 0.29) is 16.5 Å². The maximum Gasteiger partial charge on any atom is 2.00 e. The van der Waals surface area contributed by atoms with E-state index in [2.05, 4.69) is 36.5 Å². The van der Waals surface area contributed by atoms with Crippen molar-refractivity contribution < 1.29 is 16.5 Å². The summed E-state index contributed by atoms with van der Waals surface area (Å²) in [6.07, 6.45) is 29.0. The smallest absolute Gasteiger partial charge is 0.275 e. The number of hydrogen-bond donors (Lipinski definition) is 0. The van der Waals surface area contributed by atoms with Crippen LogP contribution in [0.25, 0.3) is 0 Å². The third kappa shape index (κ3) is 11.7. The van der Waals surface area contributed by atoms with Crippen LogP contribution in [0, 0.1) is 12.2 Å². The number of allylic oxidation sites excluding steroid dienone is 8. The van der Waals surface area contributed by atoms with Gasteiger partial charge in [-0.05, 0) is 0 Å². The Labute approximate surface area is 116 Å². The summed E-state index contributed by atoms with van der Waals surface area (Å²) in [6, 6.07) is 0. The molecule has 2 aliphatic carbocycles. The Kier molecular flexibility index (Phi) is 13.1. The number of rotatable bonds is 0. The van der Waals surface area contributed by atoms with Gasteiger partial charge in [0.25, 0.3) is 0 Å². The second kappa shape index (κ2) is 13.5. The first-order chi connectivity index (χ1) is 8.00. The Morgan fingerprint density at radius 2 is 1.12 bits per heavy atom. The molecule has 0 heterocycles. The Hall–Kier alpha value is -0.546. The molecule has 1 heteroatoms. The fraction of sp³-hybridized carbons (Fsp3) is 0.500. The molecule has 0 spiro atoms. The first-order valence-electron chi connectivity index (χ1n) is 6.43. The van der Waals surface area contributed by atoms with Gasteiger partial charge in [-0.25, -0.2) is 24.3 Å². The molecule has 2 rings (SSSR count). The molecule has 0 aromatic heterocycles. The van der Waals surface area contributed by atoms with Crippen molar-refractivity contribution in [2.45, 2.75) is 51.4 Å². The number of hydrogen-bond acceptors (Lipinski definition) is 0. The Morgan fingerprint density at radius 1 is 0.647 bits per heavy atom. The standard InChI is InChI=1S/2C8H11.Ni/c2*1-2-4-6-8-7-5-3-1;/h2*1-3H,4,6-8H2;/q2*-1;+2. The van der Waals surface area contributed by atoms with Gasteiger partial charge in [0.15, 0.2) is 0 Å². The van der Waals surface area contributed by atoms with Gasteiger partial charge in [-0.2, -0.15) is 12.2 Å². The molecule has 0 amide bonds. The minimum atomic E-state index is 0. The van der Waals surface area contributed by atoms with Crippen LogP contribution < -0.4 is 0 Å². The van der Waals surface area contributed by atoms with Crippen LogP contribution in [0.1, 0.15) is 51.4 Å². The van der Waals surface area contributed by atoms with Gasteiger partial charge in [-0.3, -0.25) is 12.2 Å². The van der Waals surface area contributed by atoms with Gasteiger partial charge in [0.1, 0.15) is 0 Å². The van der Waals surface area contributed by atoms with Crippen LogP contribution in [0.5, 0.6) is 0 Å². The third-order valence-electron chi connectivity index (χ3n) is 2.58. The summed E-state index contributed by atoms with van der Waals surface area (Å²) in [4.78, 5) is 0. The molecule has 0 bridgehead atoms. The molecule has 0 saturated heterocycles. The molecule has 0 aliphatic heterocycles. The van der Waals surface area contributed by atoms with Crippen LogP contribution in [-0.4, -0.2) is 0 Å². The molecule has 0 aromatic rings. The second-order valence-corrected chi connectivity index (χ2v) is 4.09. The van der Waals surface area contributed by atoms with E-state index >= 15 is 0 Å². The van der Waals surface area contributed by atoms with E-state index in [1.165, 1.54) is 38.5 Å². The first-order valence-corrected chi connectivity index (χ1v) is 6.43. The zero-order valence-corrected chi connectivity index (χ0v) is 11.4. The van der Waals surface area contributed by atoms with Crippen LogP contribution in [0.2, 0.25) is 0 Å². The van der Waals surface area contributed by atoms with Crippen LogP contribution >= 0.6 is 0 Å². The summed E-state index contributed by atoms with van der Waals surface area (Å²) >= 11 is 0. The quantitative estimate of drug-likeness (QED) is 0.432. The van der Waals surface area contributed by atoms with Crippen LogP contribution in [-0.2, 0) is 16.5 Å². The molecule has 0 atom stereocenters. The molecule has 17 heavy (non-hydrogen) atoms. The summed E-state index contributed by atoms with van der Waals surface area (Å²) in [5.74, 6) is 0. The largest absolute Gasteiger partial charge is 2.00 e. The molecule has 0 radical (unpaired) electrons. The molecular weight excluding hydrogens is 251 g/mol. The van der Waals surface area contributed by atoms with E-state index in [1.54, 1.807) is 0 Å². The fourth-order valence-electron chi connectivity index (χ4n) is 1.61. The second-order valence-electron chi connectivity index (χ2n) is 4.09. The van der Waals surface area contributed by atoms with Crippen molar-refractivity contribution in [3.8, 4) is 0 Å². The molecule has 0 fully saturated rings. The molecular formula is C16H22Ni. The Morgan fingerprint density at radius 3 is 1.59 bits per heavy atom. The van der Waals surface area contributed by atoms with Gasteiger partial charge in [0, 0.05) is 0 Å². The van der Waals surface area contributed by atoms with E-state index in [0.29, 0.717) is 0 Å². The van der Waals surface area contributed by atoms with Gasteiger partial charge in [0.05, 0.1) is 0 Å².